The summed E-state index contributed by atoms with van der Waals surface area (Å²) in [6.07, 6.45) is 3.97. The number of carbonyl (C=O) groups is 2. The Labute approximate surface area is 185 Å². The summed E-state index contributed by atoms with van der Waals surface area (Å²) in [6.45, 7) is 7.82. The molecule has 0 spiro atoms. The lowest BCUT2D eigenvalue weighted by Crippen LogP contribution is -2.34. The van der Waals surface area contributed by atoms with Gasteiger partial charge in [-0.2, -0.15) is 5.10 Å². The van der Waals surface area contributed by atoms with Crippen LogP contribution in [0.1, 0.15) is 46.7 Å². The number of aromatic amines is 1. The minimum Gasteiger partial charge on any atom is -0.478 e. The van der Waals surface area contributed by atoms with Gasteiger partial charge in [-0.15, -0.1) is 0 Å². The van der Waals surface area contributed by atoms with Crippen LogP contribution in [0.4, 0.5) is 0 Å². The number of amides is 1. The average Bonchev–Trinajstić information content (AvgIpc) is 3.21. The average molecular weight is 441 g/mol. The predicted molar refractivity (Wildman–Crippen MR) is 120 cm³/mol. The molecule has 1 aromatic carbocycles. The summed E-state index contributed by atoms with van der Waals surface area (Å²) in [7, 11) is 0. The third-order valence-corrected chi connectivity index (χ3v) is 5.97. The Morgan fingerprint density at radius 3 is 2.84 bits per heavy atom. The lowest BCUT2D eigenvalue weighted by Gasteiger charge is -2.26. The first kappa shape index (κ1) is 21.2. The monoisotopic (exact) mass is 440 g/mol. The number of carbonyl (C=O) groups excluding carboxylic acids is 1. The molecule has 0 bridgehead atoms. The third-order valence-electron chi connectivity index (χ3n) is 5.57. The second kappa shape index (κ2) is 8.23. The number of rotatable bonds is 5. The number of aromatic nitrogens is 3. The number of benzene rings is 1. The van der Waals surface area contributed by atoms with Crippen molar-refractivity contribution in [2.75, 3.05) is 6.54 Å². The van der Waals surface area contributed by atoms with Gasteiger partial charge in [0.25, 0.3) is 0 Å². The molecule has 1 aliphatic rings. The van der Waals surface area contributed by atoms with Crippen molar-refractivity contribution in [2.24, 2.45) is 5.92 Å². The van der Waals surface area contributed by atoms with Crippen molar-refractivity contribution in [2.45, 2.75) is 40.3 Å². The minimum absolute atomic E-state index is 0.110. The van der Waals surface area contributed by atoms with E-state index in [2.05, 4.69) is 23.9 Å². The number of H-pyrrole nitrogens is 1. The molecule has 0 atom stereocenters. The van der Waals surface area contributed by atoms with E-state index >= 15 is 0 Å². The van der Waals surface area contributed by atoms with Crippen molar-refractivity contribution in [1.29, 1.82) is 0 Å². The quantitative estimate of drug-likeness (QED) is 0.579. The number of carboxylic acid groups (broad SMARTS) is 1. The van der Waals surface area contributed by atoms with Gasteiger partial charge in [-0.3, -0.25) is 9.48 Å². The molecule has 1 amide bonds. The predicted octanol–water partition coefficient (Wildman–Crippen LogP) is 4.28. The largest absolute Gasteiger partial charge is 0.478 e. The molecule has 1 aliphatic heterocycles. The summed E-state index contributed by atoms with van der Waals surface area (Å²) in [4.78, 5) is 29.3. The van der Waals surface area contributed by atoms with Crippen molar-refractivity contribution in [1.82, 2.24) is 19.7 Å². The molecule has 3 heterocycles. The second-order valence-electron chi connectivity index (χ2n) is 8.36. The highest BCUT2D eigenvalue weighted by molar-refractivity contribution is 6.31. The van der Waals surface area contributed by atoms with Gasteiger partial charge in [-0.05, 0) is 37.1 Å². The molecule has 7 nitrogen and oxygen atoms in total. The van der Waals surface area contributed by atoms with Gasteiger partial charge in [0.05, 0.1) is 11.3 Å². The zero-order chi connectivity index (χ0) is 22.3. The van der Waals surface area contributed by atoms with Crippen LogP contribution in [-0.4, -0.2) is 43.2 Å². The van der Waals surface area contributed by atoms with Gasteiger partial charge in [-0.25, -0.2) is 4.79 Å². The number of hydrogen-bond acceptors (Lipinski definition) is 3. The molecule has 0 fully saturated rings. The zero-order valence-electron chi connectivity index (χ0n) is 17.8. The molecule has 162 valence electrons. The molecule has 8 heteroatoms. The van der Waals surface area contributed by atoms with Crippen molar-refractivity contribution in [3.05, 3.63) is 57.5 Å². The van der Waals surface area contributed by atoms with E-state index in [0.717, 1.165) is 40.0 Å². The molecule has 31 heavy (non-hydrogen) atoms. The number of aromatic carboxylic acids is 1. The van der Waals surface area contributed by atoms with Crippen molar-refractivity contribution in [3.63, 3.8) is 0 Å². The first-order valence-electron chi connectivity index (χ1n) is 10.3. The van der Waals surface area contributed by atoms with Crippen LogP contribution in [0.2, 0.25) is 5.15 Å². The van der Waals surface area contributed by atoms with Crippen molar-refractivity contribution in [3.8, 4) is 0 Å². The van der Waals surface area contributed by atoms with Crippen LogP contribution in [-0.2, 0) is 24.3 Å². The number of hydrogen-bond donors (Lipinski definition) is 2. The van der Waals surface area contributed by atoms with Crippen molar-refractivity contribution < 1.29 is 14.7 Å². The lowest BCUT2D eigenvalue weighted by atomic mass is 10.0. The van der Waals surface area contributed by atoms with E-state index in [1.165, 1.54) is 6.08 Å². The fourth-order valence-electron chi connectivity index (χ4n) is 4.02. The maximum Gasteiger partial charge on any atom is 0.335 e. The number of fused-ring (bicyclic) bond motifs is 3. The lowest BCUT2D eigenvalue weighted by molar-refractivity contribution is -0.126. The molecular formula is C23H25ClN4O3. The molecule has 0 aliphatic carbocycles. The highest BCUT2D eigenvalue weighted by atomic mass is 35.5. The summed E-state index contributed by atoms with van der Waals surface area (Å²) < 4.78 is 1.77. The normalized spacial score (nSPS) is 14.0. The number of halogens is 1. The highest BCUT2D eigenvalue weighted by Crippen LogP contribution is 2.29. The Morgan fingerprint density at radius 2 is 2.13 bits per heavy atom. The van der Waals surface area contributed by atoms with Gasteiger partial charge < -0.3 is 15.0 Å². The molecule has 3 aromatic rings. The van der Waals surface area contributed by atoms with Gasteiger partial charge in [0.15, 0.2) is 0 Å². The van der Waals surface area contributed by atoms with Crippen LogP contribution in [0.5, 0.6) is 0 Å². The van der Waals surface area contributed by atoms with E-state index < -0.39 is 5.97 Å². The Hall–Kier alpha value is -3.06. The van der Waals surface area contributed by atoms with Crippen LogP contribution in [0.3, 0.4) is 0 Å². The Balaban J connectivity index is 1.55. The molecule has 4 rings (SSSR count). The Bertz CT molecular complexity index is 1210. The highest BCUT2D eigenvalue weighted by Gasteiger charge is 2.24. The molecule has 0 saturated carbocycles. The molecule has 0 saturated heterocycles. The van der Waals surface area contributed by atoms with E-state index in [4.69, 9.17) is 11.6 Å². The summed E-state index contributed by atoms with van der Waals surface area (Å²) in [5.41, 5.74) is 4.70. The van der Waals surface area contributed by atoms with Gasteiger partial charge in [0.1, 0.15) is 5.15 Å². The number of nitrogens with one attached hydrogen (secondary N) is 1. The Morgan fingerprint density at radius 1 is 1.35 bits per heavy atom. The maximum atomic E-state index is 12.9. The van der Waals surface area contributed by atoms with E-state index in [1.807, 2.05) is 6.92 Å². The molecule has 0 unspecified atom stereocenters. The molecule has 2 N–H and O–H groups in total. The van der Waals surface area contributed by atoms with Gasteiger partial charge in [-0.1, -0.05) is 25.4 Å². The van der Waals surface area contributed by atoms with Crippen LogP contribution < -0.4 is 0 Å². The smallest absolute Gasteiger partial charge is 0.335 e. The van der Waals surface area contributed by atoms with Crippen molar-refractivity contribution >= 4 is 40.5 Å². The summed E-state index contributed by atoms with van der Waals surface area (Å²) in [5, 5.41) is 15.2. The molecular weight excluding hydrogens is 416 g/mol. The van der Waals surface area contributed by atoms with Gasteiger partial charge in [0, 0.05) is 59.9 Å². The molecule has 2 aromatic heterocycles. The van der Waals surface area contributed by atoms with Crippen LogP contribution in [0.25, 0.3) is 17.0 Å². The number of carboxylic acids is 1. The topological polar surface area (TPSA) is 91.2 Å². The van der Waals surface area contributed by atoms with E-state index in [1.54, 1.807) is 33.9 Å². The molecule has 0 radical (unpaired) electrons. The van der Waals surface area contributed by atoms with Crippen LogP contribution >= 0.6 is 11.6 Å². The SMILES string of the molecule is Cc1nn(CC(C)C)c(Cl)c1C=CC(=O)N1CCc2[nH]c3ccc(C(=O)O)cc3c2C1. The number of nitrogens with zero attached hydrogens (tertiary/aromatic N) is 3. The van der Waals surface area contributed by atoms with E-state index in [9.17, 15) is 14.7 Å². The van der Waals surface area contributed by atoms with Crippen LogP contribution in [0.15, 0.2) is 24.3 Å². The minimum atomic E-state index is -0.964. The zero-order valence-corrected chi connectivity index (χ0v) is 18.5. The summed E-state index contributed by atoms with van der Waals surface area (Å²) >= 11 is 6.47. The first-order chi connectivity index (χ1) is 14.7. The fourth-order valence-corrected chi connectivity index (χ4v) is 4.33. The Kier molecular flexibility index (Phi) is 5.62. The van der Waals surface area contributed by atoms with Gasteiger partial charge >= 0.3 is 5.97 Å². The summed E-state index contributed by atoms with van der Waals surface area (Å²) in [5.74, 6) is -0.661. The first-order valence-corrected chi connectivity index (χ1v) is 10.7. The van der Waals surface area contributed by atoms with E-state index in [-0.39, 0.29) is 11.5 Å². The fraction of sp³-hybridized carbons (Fsp3) is 0.348. The second-order valence-corrected chi connectivity index (χ2v) is 8.71. The van der Waals surface area contributed by atoms with E-state index in [0.29, 0.717) is 30.6 Å². The third kappa shape index (κ3) is 4.10. The maximum absolute atomic E-state index is 12.9. The van der Waals surface area contributed by atoms with Crippen LogP contribution in [0, 0.1) is 12.8 Å². The van der Waals surface area contributed by atoms with Gasteiger partial charge in [0.2, 0.25) is 5.91 Å². The number of aryl methyl sites for hydroxylation is 1. The summed E-state index contributed by atoms with van der Waals surface area (Å²) in [6, 6.07) is 5.04. The standard InChI is InChI=1S/C23H25ClN4O3/c1-13(2)11-28-22(24)16(14(3)26-28)5-7-21(29)27-9-8-20-18(12-27)17-10-15(23(30)31)4-6-19(17)25-20/h4-7,10,13,25H,8-9,11-12H2,1-3H3,(H,30,31).